The molecule has 4 aromatic heterocycles. The van der Waals surface area contributed by atoms with Crippen molar-refractivity contribution in [3.05, 3.63) is 212 Å². The number of nitrogens with one attached hydrogen (secondary N) is 3. The highest BCUT2D eigenvalue weighted by molar-refractivity contribution is 5.99. The SMILES string of the molecule is CC(C)[C@H](N)C(=O)Cc1ccn([C@@H]2O[C@H](CO)[C@@H](O)C2(F)F)c(=O)n1.CCNC(=O)c1nnc(-c2cc(C(C)C)c(O)cc2O)n1-c1ccc(Oc2ccc(C(=O)N[C@H](C(=O)Cc3ccn([C@@H]4OC(CO)[C@@H](O)C4(F)F)c(=O)n3)C(C)C)cc2)cc1.CCNC(=O)c1nnc(-c2cc(C(C)C)c(O)cc2O)n1-c1ccc(Oc2ccc(C(=O)O)cc2)cc1. The van der Waals surface area contributed by atoms with Gasteiger partial charge in [0, 0.05) is 54.6 Å². The topological polar surface area (TPSA) is 515 Å². The van der Waals surface area contributed by atoms with Gasteiger partial charge in [0.15, 0.2) is 35.4 Å². The standard InChI is InChI=1S/C42H45F2N7O10.C27H26N4O6.C15H21F2N3O5/c1-6-45-39(58)37-49-48-36(29-18-28(21(2)3)30(53)19-31(29)54)51(37)25-9-13-27(14-10-25)60-26-11-7-23(8-12-26)38(57)47-34(22(4)5)32(55)17-24-15-16-50(41(59)46-24)40-42(43,44)35(56)33(20-52)61-40;1-4-28-26(34)25-30-29-24(21-13-20(15(2)3)22(32)14-23(21)33)31(25)17-7-11-19(12-8-17)37-18-9-5-16(6-10-18)27(35)36;1-7(2)11(18)9(22)5-8-3-4-20(14(24)19-8)13-15(16,17)12(23)10(6-21)25-13/h7-16,18-19,21-22,33-35,40,52-54,56H,6,17,20H2,1-5H3,(H,45,58)(H,47,57);5-15,32-33H,4H2,1-3H3,(H,28,34)(H,35,36);3-4,7,10-13,21,23H,5-6,18H2,1-2H3/t33?,34-,35+,40+;;10-,11+,12-,13-/m0.1/s1. The second kappa shape index (κ2) is 39.1. The normalized spacial score (nSPS) is 17.5. The molecule has 0 spiro atoms. The van der Waals surface area contributed by atoms with Gasteiger partial charge >= 0.3 is 29.2 Å². The number of aliphatic hydroxyl groups excluding tert-OH is 4. The van der Waals surface area contributed by atoms with Crippen LogP contribution in [-0.2, 0) is 31.9 Å². The van der Waals surface area contributed by atoms with E-state index in [2.05, 4.69) is 46.3 Å². The van der Waals surface area contributed by atoms with Crippen molar-refractivity contribution < 1.29 is 111 Å². The third-order valence-electron chi connectivity index (χ3n) is 19.8. The van der Waals surface area contributed by atoms with E-state index in [9.17, 15) is 91.7 Å². The number of aromatic hydroxyl groups is 4. The number of halogens is 4. The molecule has 8 atom stereocenters. The fourth-order valence-corrected chi connectivity index (χ4v) is 13.1. The van der Waals surface area contributed by atoms with Gasteiger partial charge in [-0.05, 0) is 170 Å². The van der Waals surface area contributed by atoms with Crippen LogP contribution in [-0.4, -0.2) is 204 Å². The zero-order chi connectivity index (χ0) is 90.0. The van der Waals surface area contributed by atoms with Gasteiger partial charge < -0.3 is 86.6 Å². The Morgan fingerprint density at radius 3 is 1.20 bits per heavy atom. The number of ketones is 2. The van der Waals surface area contributed by atoms with Gasteiger partial charge in [-0.25, -0.2) is 14.4 Å². The van der Waals surface area contributed by atoms with Crippen LogP contribution in [0.15, 0.2) is 155 Å². The lowest BCUT2D eigenvalue weighted by Gasteiger charge is -2.22. The van der Waals surface area contributed by atoms with Crippen LogP contribution in [0.1, 0.15) is 158 Å². The predicted octanol–water partition coefficient (Wildman–Crippen LogP) is 7.95. The number of phenols is 4. The summed E-state index contributed by atoms with van der Waals surface area (Å²) < 4.78 is 83.0. The number of carboxylic acids is 1. The third-order valence-corrected chi connectivity index (χ3v) is 19.8. The molecule has 1 unspecified atom stereocenters. The molecule has 0 saturated carbocycles. The number of rotatable bonds is 29. The second-order valence-corrected chi connectivity index (χ2v) is 29.9. The average molecular weight is 1710 g/mol. The van der Waals surface area contributed by atoms with Crippen molar-refractivity contribution in [1.82, 2.24) is 64.6 Å². The van der Waals surface area contributed by atoms with Crippen molar-refractivity contribution in [2.24, 2.45) is 17.6 Å². The number of benzene rings is 6. The number of nitrogens with two attached hydrogens (primary N) is 1. The summed E-state index contributed by atoms with van der Waals surface area (Å²) in [4.78, 5) is 108. The minimum atomic E-state index is -3.90. The first kappa shape index (κ1) is 92.1. The molecule has 2 aliphatic heterocycles. The average Bonchev–Trinajstić information content (AvgIpc) is 1.64. The number of aliphatic hydroxyl groups is 4. The Morgan fingerprint density at radius 1 is 0.504 bits per heavy atom. The molecule has 123 heavy (non-hydrogen) atoms. The summed E-state index contributed by atoms with van der Waals surface area (Å²) in [6.45, 7) is 17.1. The van der Waals surface area contributed by atoms with E-state index in [1.807, 2.05) is 27.7 Å². The van der Waals surface area contributed by atoms with Crippen LogP contribution in [0.2, 0.25) is 0 Å². The van der Waals surface area contributed by atoms with Crippen molar-refractivity contribution >= 4 is 35.3 Å². The number of carbonyl (C=O) groups excluding carboxylic acids is 5. The smallest absolute Gasteiger partial charge is 0.350 e. The molecular formula is C84H92F4N14O21. The van der Waals surface area contributed by atoms with E-state index < -0.39 is 121 Å². The highest BCUT2D eigenvalue weighted by atomic mass is 19.3. The summed E-state index contributed by atoms with van der Waals surface area (Å²) in [7, 11) is 0. The number of phenolic OH excluding ortho intramolecular Hbond substituents is 4. The van der Waals surface area contributed by atoms with Gasteiger partial charge in [-0.2, -0.15) is 27.5 Å². The van der Waals surface area contributed by atoms with Crippen molar-refractivity contribution in [1.29, 1.82) is 0 Å². The van der Waals surface area contributed by atoms with E-state index in [-0.39, 0.29) is 110 Å². The molecule has 2 aliphatic rings. The van der Waals surface area contributed by atoms with Gasteiger partial charge in [-0.1, -0.05) is 55.4 Å². The fourth-order valence-electron chi connectivity index (χ4n) is 13.1. The molecule has 0 radical (unpaired) electrons. The van der Waals surface area contributed by atoms with Gasteiger partial charge in [0.05, 0.1) is 66.2 Å². The molecule has 0 aliphatic carbocycles. The monoisotopic (exact) mass is 1710 g/mol. The van der Waals surface area contributed by atoms with Crippen LogP contribution in [0.25, 0.3) is 34.2 Å². The van der Waals surface area contributed by atoms with Crippen molar-refractivity contribution in [2.75, 3.05) is 26.3 Å². The number of carbonyl (C=O) groups is 6. The lowest BCUT2D eigenvalue weighted by molar-refractivity contribution is -0.141. The number of alkyl halides is 4. The van der Waals surface area contributed by atoms with E-state index in [1.165, 1.54) is 57.7 Å². The number of Topliss-reactive ketones (excluding diaryl/α,β-unsaturated/α-hetero) is 2. The van der Waals surface area contributed by atoms with E-state index in [0.717, 1.165) is 12.4 Å². The second-order valence-electron chi connectivity index (χ2n) is 29.9. The molecule has 0 bridgehead atoms. The van der Waals surface area contributed by atoms with E-state index in [4.69, 9.17) is 34.9 Å². The molecule has 6 heterocycles. The molecule has 14 N–H and O–H groups in total. The van der Waals surface area contributed by atoms with Crippen LogP contribution in [0.3, 0.4) is 0 Å². The number of hydrogen-bond donors (Lipinski definition) is 13. The Kier molecular flexibility index (Phi) is 29.3. The molecule has 39 heteroatoms. The predicted molar refractivity (Wildman–Crippen MR) is 432 cm³/mol. The first-order valence-corrected chi connectivity index (χ1v) is 38.8. The summed E-state index contributed by atoms with van der Waals surface area (Å²) in [6, 6.07) is 31.9. The van der Waals surface area contributed by atoms with Crippen LogP contribution in [0.4, 0.5) is 17.6 Å². The summed E-state index contributed by atoms with van der Waals surface area (Å²) in [5.74, 6) is -10.1. The van der Waals surface area contributed by atoms with Gasteiger partial charge in [0.25, 0.3) is 17.7 Å². The van der Waals surface area contributed by atoms with Crippen molar-refractivity contribution in [2.45, 2.75) is 155 Å². The Morgan fingerprint density at radius 2 is 0.870 bits per heavy atom. The molecule has 652 valence electrons. The first-order valence-electron chi connectivity index (χ1n) is 38.8. The van der Waals surface area contributed by atoms with Gasteiger partial charge in [-0.15, -0.1) is 20.4 Å². The zero-order valence-electron chi connectivity index (χ0n) is 68.0. The van der Waals surface area contributed by atoms with Crippen molar-refractivity contribution in [3.63, 3.8) is 0 Å². The lowest BCUT2D eigenvalue weighted by Crippen LogP contribution is -2.45. The molecular weight excluding hydrogens is 1620 g/mol. The van der Waals surface area contributed by atoms with Gasteiger partial charge in [0.1, 0.15) is 58.2 Å². The maximum atomic E-state index is 14.6. The summed E-state index contributed by atoms with van der Waals surface area (Å²) in [5.41, 5.74) is 6.67. The largest absolute Gasteiger partial charge is 0.508 e. The highest BCUT2D eigenvalue weighted by Gasteiger charge is 2.61. The Hall–Kier alpha value is -13.2. The third kappa shape index (κ3) is 20.7. The lowest BCUT2D eigenvalue weighted by atomic mass is 9.96. The first-order chi connectivity index (χ1) is 58.2. The van der Waals surface area contributed by atoms with Crippen molar-refractivity contribution in [3.8, 4) is 80.1 Å². The minimum absolute atomic E-state index is 0.0216. The van der Waals surface area contributed by atoms with E-state index in [1.54, 1.807) is 126 Å². The molecule has 10 aromatic rings. The summed E-state index contributed by atoms with van der Waals surface area (Å²) >= 11 is 0. The number of ether oxygens (including phenoxy) is 4. The maximum Gasteiger partial charge on any atom is 0.350 e. The summed E-state index contributed by atoms with van der Waals surface area (Å²) in [6.07, 6.45) is -10.6. The number of amides is 3. The number of aromatic carboxylic acids is 1. The number of carboxylic acid groups (broad SMARTS) is 1. The zero-order valence-corrected chi connectivity index (χ0v) is 68.0. The molecule has 3 amide bonds. The van der Waals surface area contributed by atoms with Crippen LogP contribution >= 0.6 is 0 Å². The Labute approximate surface area is 699 Å². The van der Waals surface area contributed by atoms with Crippen LogP contribution in [0.5, 0.6) is 46.0 Å². The fraction of sp³-hybridized carbons (Fsp3) is 0.357. The van der Waals surface area contributed by atoms with E-state index in [0.29, 0.717) is 73.3 Å². The van der Waals surface area contributed by atoms with Crippen LogP contribution < -0.4 is 42.5 Å². The molecule has 12 rings (SSSR count). The molecule has 2 saturated heterocycles. The summed E-state index contributed by atoms with van der Waals surface area (Å²) in [5, 5.41) is 113. The molecule has 2 fully saturated rings. The molecule has 35 nitrogen and oxygen atoms in total. The quantitative estimate of drug-likeness (QED) is 0.0198. The number of hydrogen-bond acceptors (Lipinski definition) is 27. The Bertz CT molecular complexity index is 5610. The van der Waals surface area contributed by atoms with Crippen LogP contribution in [0, 0.1) is 11.8 Å². The van der Waals surface area contributed by atoms with Gasteiger partial charge in [0.2, 0.25) is 24.1 Å². The highest BCUT2D eigenvalue weighted by Crippen LogP contribution is 2.45. The minimum Gasteiger partial charge on any atom is -0.508 e. The maximum absolute atomic E-state index is 14.6. The number of aromatic nitrogens is 10. The number of nitrogens with zero attached hydrogens (tertiary/aromatic N) is 10. The molecule has 6 aromatic carbocycles. The Balaban J connectivity index is 0.000000215. The van der Waals surface area contributed by atoms with E-state index >= 15 is 0 Å². The van der Waals surface area contributed by atoms with Gasteiger partial charge in [-0.3, -0.25) is 42.2 Å².